The van der Waals surface area contributed by atoms with Gasteiger partial charge in [0.05, 0.1) is 11.4 Å². The Kier molecular flexibility index (Phi) is 5.65. The van der Waals surface area contributed by atoms with E-state index in [0.29, 0.717) is 18.7 Å². The normalized spacial score (nSPS) is 13.9. The summed E-state index contributed by atoms with van der Waals surface area (Å²) < 4.78 is 29.3. The highest BCUT2D eigenvalue weighted by Gasteiger charge is 2.28. The summed E-state index contributed by atoms with van der Waals surface area (Å²) in [4.78, 5) is 16.8. The predicted octanol–water partition coefficient (Wildman–Crippen LogP) is 2.01. The number of aromatic nitrogens is 3. The minimum absolute atomic E-state index is 0.0124. The summed E-state index contributed by atoms with van der Waals surface area (Å²) >= 11 is 0. The van der Waals surface area contributed by atoms with Crippen LogP contribution in [0.5, 0.6) is 0 Å². The van der Waals surface area contributed by atoms with Gasteiger partial charge in [-0.05, 0) is 48.6 Å². The molecule has 1 fully saturated rings. The first kappa shape index (κ1) is 20.2. The van der Waals surface area contributed by atoms with E-state index in [1.54, 1.807) is 24.0 Å². The molecule has 0 aliphatic heterocycles. The van der Waals surface area contributed by atoms with Crippen molar-refractivity contribution in [2.75, 3.05) is 0 Å². The molecule has 1 saturated carbocycles. The van der Waals surface area contributed by atoms with E-state index in [1.165, 1.54) is 18.5 Å². The molecule has 0 atom stereocenters. The van der Waals surface area contributed by atoms with Gasteiger partial charge in [-0.15, -0.1) is 0 Å². The molecule has 1 amide bonds. The summed E-state index contributed by atoms with van der Waals surface area (Å²) in [6, 6.07) is 12.5. The molecule has 9 heteroatoms. The number of carbonyl (C=O) groups is 1. The van der Waals surface area contributed by atoms with Gasteiger partial charge < -0.3 is 5.32 Å². The summed E-state index contributed by atoms with van der Waals surface area (Å²) in [6.45, 7) is 2.72. The van der Waals surface area contributed by atoms with E-state index in [-0.39, 0.29) is 16.8 Å². The summed E-state index contributed by atoms with van der Waals surface area (Å²) in [7, 11) is -3.61. The number of sulfonamides is 1. The van der Waals surface area contributed by atoms with Gasteiger partial charge in [0, 0.05) is 18.2 Å². The van der Waals surface area contributed by atoms with Gasteiger partial charge in [-0.25, -0.2) is 22.8 Å². The summed E-state index contributed by atoms with van der Waals surface area (Å²) in [6.07, 6.45) is 4.85. The molecule has 30 heavy (non-hydrogen) atoms. The van der Waals surface area contributed by atoms with Crippen molar-refractivity contribution in [3.05, 3.63) is 77.4 Å². The fraction of sp³-hybridized carbons (Fsp3) is 0.286. The monoisotopic (exact) mass is 425 g/mol. The zero-order valence-corrected chi connectivity index (χ0v) is 17.4. The first-order valence-electron chi connectivity index (χ1n) is 9.72. The second-order valence-electron chi connectivity index (χ2n) is 7.47. The summed E-state index contributed by atoms with van der Waals surface area (Å²) in [5.41, 5.74) is 3.06. The molecule has 0 bridgehead atoms. The van der Waals surface area contributed by atoms with Gasteiger partial charge in [0.15, 0.2) is 0 Å². The maximum atomic E-state index is 12.7. The number of aryl methyl sites for hydroxylation is 1. The Labute approximate surface area is 175 Å². The van der Waals surface area contributed by atoms with Crippen LogP contribution in [0.2, 0.25) is 0 Å². The maximum absolute atomic E-state index is 12.7. The molecular weight excluding hydrogens is 402 g/mol. The predicted molar refractivity (Wildman–Crippen MR) is 111 cm³/mol. The van der Waals surface area contributed by atoms with E-state index in [1.807, 2.05) is 24.3 Å². The van der Waals surface area contributed by atoms with E-state index in [4.69, 9.17) is 0 Å². The lowest BCUT2D eigenvalue weighted by Gasteiger charge is -2.11. The van der Waals surface area contributed by atoms with Crippen LogP contribution in [0.4, 0.5) is 0 Å². The third kappa shape index (κ3) is 4.92. The lowest BCUT2D eigenvalue weighted by Crippen LogP contribution is -2.27. The SMILES string of the molecule is Cc1ccc(S(=O)(=O)NC2CC2)cc1C(=O)NCc1cccc(Cn2cncn2)c1. The molecule has 1 aliphatic carbocycles. The minimum Gasteiger partial charge on any atom is -0.348 e. The van der Waals surface area contributed by atoms with Crippen molar-refractivity contribution >= 4 is 15.9 Å². The molecule has 0 radical (unpaired) electrons. The summed E-state index contributed by atoms with van der Waals surface area (Å²) in [5.74, 6) is -0.308. The van der Waals surface area contributed by atoms with E-state index in [2.05, 4.69) is 20.1 Å². The third-order valence-corrected chi connectivity index (χ3v) is 6.44. The Balaban J connectivity index is 1.44. The standard InChI is InChI=1S/C21H23N5O3S/c1-15-5-8-19(30(28,29)25-18-6-7-18)10-20(15)21(27)23-11-16-3-2-4-17(9-16)12-26-14-22-13-24-26/h2-5,8-10,13-14,18,25H,6-7,11-12H2,1H3,(H,23,27). The van der Waals surface area contributed by atoms with Crippen LogP contribution in [-0.2, 0) is 23.1 Å². The zero-order valence-electron chi connectivity index (χ0n) is 16.6. The average molecular weight is 426 g/mol. The van der Waals surface area contributed by atoms with E-state index in [9.17, 15) is 13.2 Å². The van der Waals surface area contributed by atoms with Crippen LogP contribution in [0.3, 0.4) is 0 Å². The molecule has 156 valence electrons. The molecule has 1 aliphatic rings. The third-order valence-electron chi connectivity index (χ3n) is 4.92. The van der Waals surface area contributed by atoms with Crippen LogP contribution < -0.4 is 10.0 Å². The Morgan fingerprint density at radius 3 is 2.70 bits per heavy atom. The molecule has 0 unspecified atom stereocenters. The first-order chi connectivity index (χ1) is 14.4. The molecule has 1 aromatic heterocycles. The molecule has 3 aromatic rings. The topological polar surface area (TPSA) is 106 Å². The number of rotatable bonds is 8. The van der Waals surface area contributed by atoms with Crippen molar-refractivity contribution in [3.8, 4) is 0 Å². The zero-order chi connectivity index (χ0) is 21.1. The van der Waals surface area contributed by atoms with Gasteiger partial charge in [0.2, 0.25) is 10.0 Å². The fourth-order valence-electron chi connectivity index (χ4n) is 3.12. The van der Waals surface area contributed by atoms with Crippen LogP contribution in [0.1, 0.15) is 39.9 Å². The highest BCUT2D eigenvalue weighted by molar-refractivity contribution is 7.89. The lowest BCUT2D eigenvalue weighted by atomic mass is 10.1. The van der Waals surface area contributed by atoms with Crippen LogP contribution in [0, 0.1) is 6.92 Å². The van der Waals surface area contributed by atoms with Crippen LogP contribution >= 0.6 is 0 Å². The van der Waals surface area contributed by atoms with Crippen molar-refractivity contribution in [1.29, 1.82) is 0 Å². The van der Waals surface area contributed by atoms with Crippen molar-refractivity contribution < 1.29 is 13.2 Å². The minimum atomic E-state index is -3.61. The van der Waals surface area contributed by atoms with E-state index >= 15 is 0 Å². The van der Waals surface area contributed by atoms with Gasteiger partial charge in [0.25, 0.3) is 5.91 Å². The Morgan fingerprint density at radius 1 is 1.17 bits per heavy atom. The number of benzene rings is 2. The van der Waals surface area contributed by atoms with Gasteiger partial charge in [-0.3, -0.25) is 4.79 Å². The van der Waals surface area contributed by atoms with Gasteiger partial charge in [-0.1, -0.05) is 30.3 Å². The molecular formula is C21H23N5O3S. The van der Waals surface area contributed by atoms with Crippen molar-refractivity contribution in [2.45, 2.75) is 43.8 Å². The molecule has 1 heterocycles. The highest BCUT2D eigenvalue weighted by atomic mass is 32.2. The molecule has 2 N–H and O–H groups in total. The van der Waals surface area contributed by atoms with Gasteiger partial charge >= 0.3 is 0 Å². The number of nitrogens with one attached hydrogen (secondary N) is 2. The fourth-order valence-corrected chi connectivity index (χ4v) is 4.45. The van der Waals surface area contributed by atoms with Crippen molar-refractivity contribution in [1.82, 2.24) is 24.8 Å². The van der Waals surface area contributed by atoms with Crippen molar-refractivity contribution in [2.24, 2.45) is 0 Å². The number of carbonyl (C=O) groups excluding carboxylic acids is 1. The van der Waals surface area contributed by atoms with Crippen molar-refractivity contribution in [3.63, 3.8) is 0 Å². The Bertz CT molecular complexity index is 1160. The largest absolute Gasteiger partial charge is 0.348 e. The van der Waals surface area contributed by atoms with Gasteiger partial charge in [0.1, 0.15) is 12.7 Å². The first-order valence-corrected chi connectivity index (χ1v) is 11.2. The second-order valence-corrected chi connectivity index (χ2v) is 9.18. The van der Waals surface area contributed by atoms with Crippen LogP contribution in [-0.4, -0.2) is 35.1 Å². The van der Waals surface area contributed by atoms with Crippen LogP contribution in [0.25, 0.3) is 0 Å². The van der Waals surface area contributed by atoms with Gasteiger partial charge in [-0.2, -0.15) is 5.10 Å². The number of hydrogen-bond donors (Lipinski definition) is 2. The smallest absolute Gasteiger partial charge is 0.251 e. The average Bonchev–Trinajstić information content (AvgIpc) is 3.37. The Hall–Kier alpha value is -3.04. The summed E-state index contributed by atoms with van der Waals surface area (Å²) in [5, 5.41) is 6.98. The molecule has 4 rings (SSSR count). The molecule has 0 spiro atoms. The molecule has 2 aromatic carbocycles. The Morgan fingerprint density at radius 2 is 1.97 bits per heavy atom. The lowest BCUT2D eigenvalue weighted by molar-refractivity contribution is 0.0950. The maximum Gasteiger partial charge on any atom is 0.251 e. The number of amides is 1. The number of nitrogens with zero attached hydrogens (tertiary/aromatic N) is 3. The van der Waals surface area contributed by atoms with E-state index < -0.39 is 10.0 Å². The molecule has 8 nitrogen and oxygen atoms in total. The quantitative estimate of drug-likeness (QED) is 0.574. The highest BCUT2D eigenvalue weighted by Crippen LogP contribution is 2.23. The second kappa shape index (κ2) is 8.37. The van der Waals surface area contributed by atoms with Crippen LogP contribution in [0.15, 0.2) is 60.0 Å². The molecule has 0 saturated heterocycles. The van der Waals surface area contributed by atoms with E-state index in [0.717, 1.165) is 29.5 Å². The number of hydrogen-bond acceptors (Lipinski definition) is 5.